The molecule has 0 radical (unpaired) electrons. The first kappa shape index (κ1) is 17.0. The Hall–Kier alpha value is -2.78. The van der Waals surface area contributed by atoms with E-state index in [1.54, 1.807) is 0 Å². The lowest BCUT2D eigenvalue weighted by molar-refractivity contribution is 0.0641. The number of ether oxygens (including phenoxy) is 3. The molecule has 1 saturated heterocycles. The van der Waals surface area contributed by atoms with E-state index in [1.807, 2.05) is 0 Å². The maximum Gasteiger partial charge on any atom is 0.231 e. The summed E-state index contributed by atoms with van der Waals surface area (Å²) in [7, 11) is 0. The van der Waals surface area contributed by atoms with E-state index in [0.717, 1.165) is 11.5 Å². The summed E-state index contributed by atoms with van der Waals surface area (Å²) in [6.45, 7) is 9.19. The topological polar surface area (TPSA) is 27.7 Å². The van der Waals surface area contributed by atoms with Crippen LogP contribution in [0.3, 0.4) is 0 Å². The van der Waals surface area contributed by atoms with Gasteiger partial charge in [0.05, 0.1) is 12.2 Å². The first-order valence-corrected chi connectivity index (χ1v) is 10.8. The number of rotatable bonds is 0. The summed E-state index contributed by atoms with van der Waals surface area (Å²) in [5.41, 5.74) is 13.6. The fraction of sp³-hybridized carbons (Fsp3) is 0.333. The Balaban J connectivity index is 1.52. The van der Waals surface area contributed by atoms with Crippen molar-refractivity contribution < 1.29 is 14.2 Å². The zero-order chi connectivity index (χ0) is 20.3. The fourth-order valence-electron chi connectivity index (χ4n) is 6.11. The second-order valence-corrected chi connectivity index (χ2v) is 9.41. The normalized spacial score (nSPS) is 26.3. The van der Waals surface area contributed by atoms with E-state index in [9.17, 15) is 0 Å². The number of hydrogen-bond donors (Lipinski definition) is 0. The highest BCUT2D eigenvalue weighted by Crippen LogP contribution is 2.69. The van der Waals surface area contributed by atoms with Gasteiger partial charge in [0, 0.05) is 11.8 Å². The van der Waals surface area contributed by atoms with E-state index >= 15 is 0 Å². The lowest BCUT2D eigenvalue weighted by Crippen LogP contribution is -2.24. The average molecular weight is 396 g/mol. The molecule has 3 aromatic rings. The minimum absolute atomic E-state index is 0.0696. The second kappa shape index (κ2) is 5.47. The van der Waals surface area contributed by atoms with Crippen molar-refractivity contribution >= 4 is 0 Å². The minimum atomic E-state index is 0.0696. The molecule has 0 aromatic heterocycles. The van der Waals surface area contributed by atoms with Crippen LogP contribution < -0.4 is 9.47 Å². The van der Waals surface area contributed by atoms with E-state index in [-0.39, 0.29) is 12.2 Å². The molecule has 0 amide bonds. The molecule has 7 rings (SSSR count). The van der Waals surface area contributed by atoms with Crippen molar-refractivity contribution in [2.75, 3.05) is 6.79 Å². The van der Waals surface area contributed by atoms with Crippen molar-refractivity contribution in [3.63, 3.8) is 0 Å². The predicted molar refractivity (Wildman–Crippen MR) is 115 cm³/mol. The molecule has 3 nitrogen and oxygen atoms in total. The molecular formula is C27H24O3. The van der Waals surface area contributed by atoms with Gasteiger partial charge in [0.15, 0.2) is 11.5 Å². The third-order valence-electron chi connectivity index (χ3n) is 7.86. The highest BCUT2D eigenvalue weighted by Gasteiger charge is 2.56. The molecule has 0 saturated carbocycles. The Morgan fingerprint density at radius 3 is 1.47 bits per heavy atom. The van der Waals surface area contributed by atoms with Crippen LogP contribution in [-0.2, 0) is 4.74 Å². The van der Waals surface area contributed by atoms with Crippen molar-refractivity contribution in [3.8, 4) is 22.6 Å². The van der Waals surface area contributed by atoms with Gasteiger partial charge in [-0.2, -0.15) is 0 Å². The third kappa shape index (κ3) is 1.94. The maximum atomic E-state index is 6.71. The van der Waals surface area contributed by atoms with Crippen LogP contribution in [0.15, 0.2) is 36.4 Å². The van der Waals surface area contributed by atoms with Crippen LogP contribution in [0.5, 0.6) is 11.5 Å². The number of hydrogen-bond acceptors (Lipinski definition) is 3. The van der Waals surface area contributed by atoms with E-state index in [4.69, 9.17) is 14.2 Å². The van der Waals surface area contributed by atoms with Gasteiger partial charge < -0.3 is 14.2 Å². The zero-order valence-electron chi connectivity index (χ0n) is 17.7. The molecule has 1 fully saturated rings. The van der Waals surface area contributed by atoms with Crippen LogP contribution >= 0.6 is 0 Å². The number of benzene rings is 3. The van der Waals surface area contributed by atoms with Crippen molar-refractivity contribution in [1.29, 1.82) is 0 Å². The van der Waals surface area contributed by atoms with Gasteiger partial charge in [-0.25, -0.2) is 0 Å². The van der Waals surface area contributed by atoms with E-state index < -0.39 is 0 Å². The van der Waals surface area contributed by atoms with Gasteiger partial charge in [0.1, 0.15) is 0 Å². The zero-order valence-corrected chi connectivity index (χ0v) is 17.7. The Labute approximate surface area is 176 Å². The molecule has 150 valence electrons. The van der Waals surface area contributed by atoms with Crippen molar-refractivity contribution in [1.82, 2.24) is 0 Å². The largest absolute Gasteiger partial charge is 0.454 e. The Morgan fingerprint density at radius 1 is 0.567 bits per heavy atom. The summed E-state index contributed by atoms with van der Waals surface area (Å²) in [6.07, 6.45) is 0.139. The van der Waals surface area contributed by atoms with Crippen LogP contribution in [0.2, 0.25) is 0 Å². The van der Waals surface area contributed by atoms with Crippen molar-refractivity contribution in [3.05, 3.63) is 80.9 Å². The Morgan fingerprint density at radius 2 is 1.00 bits per heavy atom. The van der Waals surface area contributed by atoms with Crippen LogP contribution in [0.1, 0.15) is 68.6 Å². The van der Waals surface area contributed by atoms with Gasteiger partial charge >= 0.3 is 0 Å². The van der Waals surface area contributed by atoms with Gasteiger partial charge in [-0.1, -0.05) is 24.3 Å². The first-order valence-electron chi connectivity index (χ1n) is 10.8. The summed E-state index contributed by atoms with van der Waals surface area (Å²) in [5.74, 6) is 2.38. The van der Waals surface area contributed by atoms with E-state index in [0.29, 0.717) is 18.6 Å². The van der Waals surface area contributed by atoms with Gasteiger partial charge in [0.25, 0.3) is 0 Å². The Bertz CT molecular complexity index is 1180. The molecule has 0 unspecified atom stereocenters. The molecular weight excluding hydrogens is 372 g/mol. The molecule has 0 spiro atoms. The van der Waals surface area contributed by atoms with Crippen LogP contribution in [0.25, 0.3) is 11.1 Å². The summed E-state index contributed by atoms with van der Waals surface area (Å²) in [6, 6.07) is 13.9. The van der Waals surface area contributed by atoms with Gasteiger partial charge in [-0.05, 0) is 95.5 Å². The first-order chi connectivity index (χ1) is 14.5. The van der Waals surface area contributed by atoms with Crippen LogP contribution in [0.4, 0.5) is 0 Å². The fourth-order valence-corrected chi connectivity index (χ4v) is 6.11. The highest BCUT2D eigenvalue weighted by molar-refractivity contribution is 5.79. The predicted octanol–water partition coefficient (Wildman–Crippen LogP) is 6.32. The smallest absolute Gasteiger partial charge is 0.231 e. The number of fused-ring (bicyclic) bond motifs is 14. The molecule has 1 aliphatic carbocycles. The van der Waals surface area contributed by atoms with Gasteiger partial charge in [-0.3, -0.25) is 0 Å². The van der Waals surface area contributed by atoms with Crippen molar-refractivity contribution in [2.45, 2.75) is 51.7 Å². The Kier molecular flexibility index (Phi) is 3.09. The SMILES string of the molecule is Cc1cc2c(cc1C)[C@@H]1[C@H](c3cc(C)c(C)cc3-2)[C@@H]2O[C@H]1c1cc3c(cc12)OCO3. The standard InChI is InChI=1S/C27H24O3/c1-12-5-16-17-6-13(2)15(4)8-19(17)25-24(18(16)7-14(12)3)26-20-9-22-23(29-11-28-22)10-21(20)27(25)30-26/h5-10,24-27H,11H2,1-4H3/t24-,25+,26+,27-. The third-order valence-corrected chi connectivity index (χ3v) is 7.86. The molecule has 2 bridgehead atoms. The average Bonchev–Trinajstić information content (AvgIpc) is 3.42. The van der Waals surface area contributed by atoms with E-state index in [1.165, 1.54) is 55.6 Å². The summed E-state index contributed by atoms with van der Waals surface area (Å²) >= 11 is 0. The van der Waals surface area contributed by atoms with Crippen LogP contribution in [-0.4, -0.2) is 6.79 Å². The second-order valence-electron chi connectivity index (χ2n) is 9.41. The molecule has 3 aliphatic heterocycles. The lowest BCUT2D eigenvalue weighted by atomic mass is 9.63. The molecule has 3 heterocycles. The molecule has 3 heteroatoms. The summed E-state index contributed by atoms with van der Waals surface area (Å²) in [5, 5.41) is 0. The molecule has 3 aromatic carbocycles. The number of aryl methyl sites for hydroxylation is 4. The molecule has 4 aliphatic rings. The highest BCUT2D eigenvalue weighted by atomic mass is 16.7. The van der Waals surface area contributed by atoms with E-state index in [2.05, 4.69) is 64.1 Å². The summed E-state index contributed by atoms with van der Waals surface area (Å²) < 4.78 is 18.1. The minimum Gasteiger partial charge on any atom is -0.454 e. The quantitative estimate of drug-likeness (QED) is 0.445. The maximum absolute atomic E-state index is 6.71. The van der Waals surface area contributed by atoms with Gasteiger partial charge in [0.2, 0.25) is 6.79 Å². The lowest BCUT2D eigenvalue weighted by Gasteiger charge is -2.38. The van der Waals surface area contributed by atoms with Gasteiger partial charge in [-0.15, -0.1) is 0 Å². The monoisotopic (exact) mass is 396 g/mol. The molecule has 4 atom stereocenters. The van der Waals surface area contributed by atoms with Crippen LogP contribution in [0, 0.1) is 27.7 Å². The summed E-state index contributed by atoms with van der Waals surface area (Å²) in [4.78, 5) is 0. The molecule has 30 heavy (non-hydrogen) atoms. The molecule has 0 N–H and O–H groups in total. The van der Waals surface area contributed by atoms with Crippen molar-refractivity contribution in [2.24, 2.45) is 0 Å².